The van der Waals surface area contributed by atoms with E-state index >= 15 is 0 Å². The van der Waals surface area contributed by atoms with Gasteiger partial charge >= 0.3 is 0 Å². The highest BCUT2D eigenvalue weighted by molar-refractivity contribution is 6.07. The average molecular weight is 501 g/mol. The molecule has 0 saturated carbocycles. The molecule has 1 aromatic carbocycles. The summed E-state index contributed by atoms with van der Waals surface area (Å²) in [6.07, 6.45) is 5.25. The number of nitrogens with one attached hydrogen (secondary N) is 1. The molecule has 2 saturated heterocycles. The Bertz CT molecular complexity index is 1510. The first kappa shape index (κ1) is 23.8. The molecule has 2 fully saturated rings. The SMILES string of the molecule is Cc1ccc(CN2CCN(C(=O)c3cc4c(cc3C)[nH]c(=O)c3cnn(C5CCOCC5)c34)CC2)nc1. The topological polar surface area (TPSA) is 96.4 Å². The Morgan fingerprint density at radius 1 is 1.05 bits per heavy atom. The van der Waals surface area contributed by atoms with Crippen molar-refractivity contribution < 1.29 is 9.53 Å². The molecule has 5 heterocycles. The van der Waals surface area contributed by atoms with Crippen LogP contribution in [0, 0.1) is 13.8 Å². The maximum atomic E-state index is 13.7. The molecule has 0 bridgehead atoms. The number of H-pyrrole nitrogens is 1. The van der Waals surface area contributed by atoms with Crippen LogP contribution < -0.4 is 5.56 Å². The molecule has 4 aromatic rings. The number of pyridine rings is 2. The second-order valence-electron chi connectivity index (χ2n) is 10.3. The maximum Gasteiger partial charge on any atom is 0.259 e. The molecule has 1 N–H and O–H groups in total. The third-order valence-corrected chi connectivity index (χ3v) is 7.69. The largest absolute Gasteiger partial charge is 0.381 e. The number of hydrogen-bond acceptors (Lipinski definition) is 6. The Morgan fingerprint density at radius 2 is 1.84 bits per heavy atom. The number of aromatic amines is 1. The van der Waals surface area contributed by atoms with Crippen LogP contribution in [0.15, 0.2) is 41.5 Å². The van der Waals surface area contributed by atoms with E-state index < -0.39 is 0 Å². The van der Waals surface area contributed by atoms with Crippen molar-refractivity contribution in [1.29, 1.82) is 0 Å². The minimum Gasteiger partial charge on any atom is -0.381 e. The van der Waals surface area contributed by atoms with E-state index in [9.17, 15) is 9.59 Å². The van der Waals surface area contributed by atoms with Crippen molar-refractivity contribution in [1.82, 2.24) is 29.5 Å². The lowest BCUT2D eigenvalue weighted by Gasteiger charge is -2.35. The average Bonchev–Trinajstić information content (AvgIpc) is 3.37. The fourth-order valence-corrected chi connectivity index (χ4v) is 5.53. The van der Waals surface area contributed by atoms with Crippen LogP contribution in [0.5, 0.6) is 0 Å². The van der Waals surface area contributed by atoms with Gasteiger partial charge in [0.25, 0.3) is 11.5 Å². The molecule has 0 aliphatic carbocycles. The lowest BCUT2D eigenvalue weighted by Crippen LogP contribution is -2.48. The summed E-state index contributed by atoms with van der Waals surface area (Å²) in [5.41, 5.74) is 5.12. The van der Waals surface area contributed by atoms with E-state index in [0.29, 0.717) is 37.3 Å². The summed E-state index contributed by atoms with van der Waals surface area (Å²) in [6, 6.07) is 8.20. The van der Waals surface area contributed by atoms with Gasteiger partial charge in [-0.2, -0.15) is 5.10 Å². The number of carbonyl (C=O) groups excluding carboxylic acids is 1. The van der Waals surface area contributed by atoms with E-state index in [1.807, 2.05) is 41.8 Å². The van der Waals surface area contributed by atoms with Gasteiger partial charge in [-0.15, -0.1) is 0 Å². The lowest BCUT2D eigenvalue weighted by molar-refractivity contribution is 0.0626. The van der Waals surface area contributed by atoms with Crippen molar-refractivity contribution in [3.63, 3.8) is 0 Å². The molecule has 9 heteroatoms. The molecule has 192 valence electrons. The zero-order chi connectivity index (χ0) is 25.5. The molecular formula is C28H32N6O3. The van der Waals surface area contributed by atoms with Crippen molar-refractivity contribution in [2.75, 3.05) is 39.4 Å². The fraction of sp³-hybridized carbons (Fsp3) is 0.429. The number of ether oxygens (including phenoxy) is 1. The van der Waals surface area contributed by atoms with Gasteiger partial charge in [-0.25, -0.2) is 0 Å². The maximum absolute atomic E-state index is 13.7. The number of fused-ring (bicyclic) bond motifs is 3. The normalized spacial score (nSPS) is 17.6. The van der Waals surface area contributed by atoms with Gasteiger partial charge in [0.1, 0.15) is 0 Å². The number of carbonyl (C=O) groups is 1. The Hall–Kier alpha value is -3.56. The molecule has 0 unspecified atom stereocenters. The number of amides is 1. The number of hydrogen-bond donors (Lipinski definition) is 1. The van der Waals surface area contributed by atoms with Crippen LogP contribution in [0.25, 0.3) is 21.8 Å². The van der Waals surface area contributed by atoms with Crippen molar-refractivity contribution in [3.05, 3.63) is 69.4 Å². The van der Waals surface area contributed by atoms with Crippen LogP contribution in [0.3, 0.4) is 0 Å². The molecule has 6 rings (SSSR count). The zero-order valence-corrected chi connectivity index (χ0v) is 21.4. The van der Waals surface area contributed by atoms with Crippen LogP contribution in [0.1, 0.15) is 46.1 Å². The smallest absolute Gasteiger partial charge is 0.259 e. The van der Waals surface area contributed by atoms with Crippen molar-refractivity contribution in [2.24, 2.45) is 0 Å². The summed E-state index contributed by atoms with van der Waals surface area (Å²) in [7, 11) is 0. The molecule has 2 aliphatic rings. The summed E-state index contributed by atoms with van der Waals surface area (Å²) < 4.78 is 7.50. The van der Waals surface area contributed by atoms with Gasteiger partial charge in [0.15, 0.2) is 0 Å². The van der Waals surface area contributed by atoms with Crippen molar-refractivity contribution >= 4 is 27.7 Å². The molecule has 0 spiro atoms. The Balaban J connectivity index is 1.28. The summed E-state index contributed by atoms with van der Waals surface area (Å²) >= 11 is 0. The van der Waals surface area contributed by atoms with Crippen LogP contribution in [0.2, 0.25) is 0 Å². The van der Waals surface area contributed by atoms with Crippen LogP contribution in [-0.4, -0.2) is 74.8 Å². The first-order chi connectivity index (χ1) is 18.0. The molecule has 9 nitrogen and oxygen atoms in total. The van der Waals surface area contributed by atoms with Gasteiger partial charge in [-0.3, -0.25) is 24.2 Å². The van der Waals surface area contributed by atoms with E-state index in [1.165, 1.54) is 0 Å². The van der Waals surface area contributed by atoms with Gasteiger partial charge in [0.2, 0.25) is 0 Å². The Morgan fingerprint density at radius 3 is 2.57 bits per heavy atom. The molecule has 2 aliphatic heterocycles. The number of aromatic nitrogens is 4. The number of nitrogens with zero attached hydrogens (tertiary/aromatic N) is 5. The summed E-state index contributed by atoms with van der Waals surface area (Å²) in [6.45, 7) is 9.08. The zero-order valence-electron chi connectivity index (χ0n) is 21.4. The molecule has 0 radical (unpaired) electrons. The van der Waals surface area contributed by atoms with Crippen LogP contribution in [0.4, 0.5) is 0 Å². The number of aryl methyl sites for hydroxylation is 2. The third kappa shape index (κ3) is 4.53. The van der Waals surface area contributed by atoms with E-state index in [2.05, 4.69) is 32.1 Å². The van der Waals surface area contributed by atoms with Gasteiger partial charge < -0.3 is 14.6 Å². The number of piperazine rings is 1. The number of benzene rings is 1. The first-order valence-electron chi connectivity index (χ1n) is 13.0. The minimum atomic E-state index is -0.154. The summed E-state index contributed by atoms with van der Waals surface area (Å²) in [4.78, 5) is 38.3. The minimum absolute atomic E-state index is 0.0315. The van der Waals surface area contributed by atoms with Crippen molar-refractivity contribution in [3.8, 4) is 0 Å². The van der Waals surface area contributed by atoms with Crippen LogP contribution in [-0.2, 0) is 11.3 Å². The van der Waals surface area contributed by atoms with E-state index in [-0.39, 0.29) is 17.5 Å². The predicted octanol–water partition coefficient (Wildman–Crippen LogP) is 3.20. The van der Waals surface area contributed by atoms with E-state index in [4.69, 9.17) is 4.74 Å². The third-order valence-electron chi connectivity index (χ3n) is 7.69. The quantitative estimate of drug-likeness (QED) is 0.462. The Kier molecular flexibility index (Phi) is 6.26. The molecule has 0 atom stereocenters. The van der Waals surface area contributed by atoms with E-state index in [1.54, 1.807) is 6.20 Å². The molecule has 3 aromatic heterocycles. The molecule has 37 heavy (non-hydrogen) atoms. The highest BCUT2D eigenvalue weighted by atomic mass is 16.5. The van der Waals surface area contributed by atoms with Crippen molar-refractivity contribution in [2.45, 2.75) is 39.3 Å². The standard InChI is InChI=1S/C28H32N6O3/c1-18-3-4-20(29-15-18)17-32-7-9-33(10-8-32)28(36)22-14-23-25(13-19(22)2)31-27(35)24-16-30-34(26(23)24)21-5-11-37-12-6-21/h3-4,13-16,21H,5-12,17H2,1-2H3,(H,31,35). The van der Waals surface area contributed by atoms with E-state index in [0.717, 1.165) is 65.7 Å². The number of rotatable bonds is 4. The van der Waals surface area contributed by atoms with Gasteiger partial charge in [-0.1, -0.05) is 6.07 Å². The highest BCUT2D eigenvalue weighted by Crippen LogP contribution is 2.30. The predicted molar refractivity (Wildman–Crippen MR) is 142 cm³/mol. The Labute approximate surface area is 215 Å². The summed E-state index contributed by atoms with van der Waals surface area (Å²) in [5.74, 6) is 0.0315. The second kappa shape index (κ2) is 9.72. The van der Waals surface area contributed by atoms with Gasteiger partial charge in [-0.05, 0) is 56.0 Å². The molecule has 1 amide bonds. The highest BCUT2D eigenvalue weighted by Gasteiger charge is 2.26. The molecular weight excluding hydrogens is 468 g/mol. The van der Waals surface area contributed by atoms with Gasteiger partial charge in [0, 0.05) is 63.1 Å². The second-order valence-corrected chi connectivity index (χ2v) is 10.3. The summed E-state index contributed by atoms with van der Waals surface area (Å²) in [5, 5.41) is 6.01. The van der Waals surface area contributed by atoms with Crippen LogP contribution >= 0.6 is 0 Å². The fourth-order valence-electron chi connectivity index (χ4n) is 5.53. The monoisotopic (exact) mass is 500 g/mol. The first-order valence-corrected chi connectivity index (χ1v) is 13.0. The lowest BCUT2D eigenvalue weighted by atomic mass is 10.0. The van der Waals surface area contributed by atoms with Gasteiger partial charge in [0.05, 0.1) is 34.4 Å².